The Morgan fingerprint density at radius 1 is 1.08 bits per heavy atom. The topological polar surface area (TPSA) is 69.6 Å². The van der Waals surface area contributed by atoms with Gasteiger partial charge in [0.15, 0.2) is 0 Å². The zero-order valence-electron chi connectivity index (χ0n) is 13.4. The number of likely N-dealkylation sites (tertiary alicyclic amines) is 1. The molecular formula is C19H20N2O3. The van der Waals surface area contributed by atoms with E-state index in [9.17, 15) is 14.7 Å². The van der Waals surface area contributed by atoms with Crippen molar-refractivity contribution in [3.8, 4) is 5.75 Å². The summed E-state index contributed by atoms with van der Waals surface area (Å²) in [5.41, 5.74) is 0.264. The highest BCUT2D eigenvalue weighted by atomic mass is 16.3. The molecule has 0 bridgehead atoms. The zero-order valence-corrected chi connectivity index (χ0v) is 13.4. The molecule has 2 N–H and O–H groups in total. The Hall–Kier alpha value is -2.56. The molecule has 1 atom stereocenters. The third-order valence-corrected chi connectivity index (χ3v) is 4.87. The van der Waals surface area contributed by atoms with Gasteiger partial charge >= 0.3 is 0 Å². The van der Waals surface area contributed by atoms with Crippen LogP contribution in [0.25, 0.3) is 10.8 Å². The van der Waals surface area contributed by atoms with E-state index < -0.39 is 6.04 Å². The molecule has 0 radical (unpaired) electrons. The van der Waals surface area contributed by atoms with Crippen LogP contribution in [0.4, 0.5) is 0 Å². The van der Waals surface area contributed by atoms with Crippen molar-refractivity contribution >= 4 is 22.6 Å². The summed E-state index contributed by atoms with van der Waals surface area (Å²) >= 11 is 0. The molecule has 2 aliphatic rings. The van der Waals surface area contributed by atoms with Crippen LogP contribution in [0.1, 0.15) is 36.0 Å². The first-order valence-corrected chi connectivity index (χ1v) is 8.47. The number of nitrogens with zero attached hydrogens (tertiary/aromatic N) is 1. The van der Waals surface area contributed by atoms with Crippen molar-refractivity contribution in [3.05, 3.63) is 42.0 Å². The van der Waals surface area contributed by atoms with E-state index in [4.69, 9.17) is 0 Å². The second-order valence-electron chi connectivity index (χ2n) is 6.62. The standard InChI is InChI=1S/C19H20N2O3/c22-17-14-5-2-1-4-12(14)7-10-15(17)19(24)21-11-3-6-16(21)18(23)20-13-8-9-13/h1-2,4-5,7,10,13,16,22H,3,6,8-9,11H2,(H,20,23). The number of aromatic hydroxyl groups is 1. The molecule has 1 aliphatic carbocycles. The Labute approximate surface area is 140 Å². The van der Waals surface area contributed by atoms with Crippen LogP contribution in [0.3, 0.4) is 0 Å². The average Bonchev–Trinajstić information content (AvgIpc) is 3.26. The molecule has 2 amide bonds. The molecule has 1 aliphatic heterocycles. The van der Waals surface area contributed by atoms with E-state index in [1.54, 1.807) is 17.0 Å². The Bertz CT molecular complexity index is 813. The number of rotatable bonds is 3. The second-order valence-corrected chi connectivity index (χ2v) is 6.62. The van der Waals surface area contributed by atoms with E-state index in [1.165, 1.54) is 0 Å². The van der Waals surface area contributed by atoms with E-state index in [2.05, 4.69) is 5.32 Å². The van der Waals surface area contributed by atoms with E-state index >= 15 is 0 Å². The number of hydrogen-bond donors (Lipinski definition) is 2. The smallest absolute Gasteiger partial charge is 0.258 e. The highest BCUT2D eigenvalue weighted by Crippen LogP contribution is 2.31. The summed E-state index contributed by atoms with van der Waals surface area (Å²) in [6.07, 6.45) is 3.54. The van der Waals surface area contributed by atoms with E-state index in [0.717, 1.165) is 24.6 Å². The predicted octanol–water partition coefficient (Wildman–Crippen LogP) is 2.43. The minimum absolute atomic E-state index is 0.00801. The Kier molecular flexibility index (Phi) is 3.63. The normalized spacial score (nSPS) is 20.3. The van der Waals surface area contributed by atoms with E-state index in [0.29, 0.717) is 18.4 Å². The number of nitrogens with one attached hydrogen (secondary N) is 1. The van der Waals surface area contributed by atoms with Gasteiger partial charge in [0.1, 0.15) is 11.8 Å². The molecule has 5 heteroatoms. The fourth-order valence-electron chi connectivity index (χ4n) is 3.39. The van der Waals surface area contributed by atoms with Crippen molar-refractivity contribution in [2.45, 2.75) is 37.8 Å². The lowest BCUT2D eigenvalue weighted by atomic mass is 10.0. The van der Waals surface area contributed by atoms with Gasteiger partial charge in [-0.3, -0.25) is 9.59 Å². The van der Waals surface area contributed by atoms with Gasteiger partial charge in [-0.25, -0.2) is 0 Å². The van der Waals surface area contributed by atoms with Crippen molar-refractivity contribution in [3.63, 3.8) is 0 Å². The van der Waals surface area contributed by atoms with Gasteiger partial charge in [0.2, 0.25) is 5.91 Å². The molecule has 0 spiro atoms. The van der Waals surface area contributed by atoms with Crippen molar-refractivity contribution in [1.82, 2.24) is 10.2 Å². The molecule has 4 rings (SSSR count). The molecule has 24 heavy (non-hydrogen) atoms. The van der Waals surface area contributed by atoms with Crippen molar-refractivity contribution in [2.24, 2.45) is 0 Å². The van der Waals surface area contributed by atoms with Crippen LogP contribution in [-0.4, -0.2) is 40.4 Å². The summed E-state index contributed by atoms with van der Waals surface area (Å²) in [5, 5.41) is 15.0. The molecule has 1 saturated carbocycles. The maximum Gasteiger partial charge on any atom is 0.258 e. The maximum absolute atomic E-state index is 12.9. The molecule has 1 unspecified atom stereocenters. The molecule has 2 aromatic rings. The summed E-state index contributed by atoms with van der Waals surface area (Å²) in [7, 11) is 0. The van der Waals surface area contributed by atoms with Crippen LogP contribution in [0.2, 0.25) is 0 Å². The SMILES string of the molecule is O=C(NC1CC1)C1CCCN1C(=O)c1ccc2ccccc2c1O. The van der Waals surface area contributed by atoms with Gasteiger partial charge < -0.3 is 15.3 Å². The van der Waals surface area contributed by atoms with Gasteiger partial charge in [-0.15, -0.1) is 0 Å². The number of fused-ring (bicyclic) bond motifs is 1. The Morgan fingerprint density at radius 3 is 2.67 bits per heavy atom. The number of hydrogen-bond acceptors (Lipinski definition) is 3. The first-order valence-electron chi connectivity index (χ1n) is 8.47. The van der Waals surface area contributed by atoms with Crippen LogP contribution in [0.15, 0.2) is 36.4 Å². The van der Waals surface area contributed by atoms with Gasteiger partial charge in [0.25, 0.3) is 5.91 Å². The third kappa shape index (κ3) is 2.60. The quantitative estimate of drug-likeness (QED) is 0.911. The van der Waals surface area contributed by atoms with Crippen molar-refractivity contribution in [1.29, 1.82) is 0 Å². The fourth-order valence-corrected chi connectivity index (χ4v) is 3.39. The van der Waals surface area contributed by atoms with Crippen LogP contribution in [-0.2, 0) is 4.79 Å². The van der Waals surface area contributed by atoms with Gasteiger partial charge in [-0.05, 0) is 37.1 Å². The second kappa shape index (κ2) is 5.82. The summed E-state index contributed by atoms with van der Waals surface area (Å²) < 4.78 is 0. The van der Waals surface area contributed by atoms with Crippen molar-refractivity contribution < 1.29 is 14.7 Å². The molecule has 0 aromatic heterocycles. The number of phenolic OH excluding ortho intramolecular Hbond substituents is 1. The number of carbonyl (C=O) groups excluding carboxylic acids is 2. The van der Waals surface area contributed by atoms with Gasteiger partial charge in [-0.2, -0.15) is 0 Å². The highest BCUT2D eigenvalue weighted by Gasteiger charge is 2.37. The van der Waals surface area contributed by atoms with Crippen LogP contribution < -0.4 is 5.32 Å². The first-order chi connectivity index (χ1) is 11.6. The number of benzene rings is 2. The highest BCUT2D eigenvalue weighted by molar-refractivity contribution is 6.05. The van der Waals surface area contributed by atoms with Crippen LogP contribution in [0.5, 0.6) is 5.75 Å². The molecule has 2 fully saturated rings. The minimum Gasteiger partial charge on any atom is -0.506 e. The number of carbonyl (C=O) groups is 2. The molecule has 124 valence electrons. The van der Waals surface area contributed by atoms with Gasteiger partial charge in [0.05, 0.1) is 5.56 Å². The Balaban J connectivity index is 1.62. The largest absolute Gasteiger partial charge is 0.506 e. The molecule has 2 aromatic carbocycles. The van der Waals surface area contributed by atoms with E-state index in [1.807, 2.05) is 24.3 Å². The molecule has 5 nitrogen and oxygen atoms in total. The van der Waals surface area contributed by atoms with Crippen LogP contribution in [0, 0.1) is 0 Å². The molecule has 1 saturated heterocycles. The summed E-state index contributed by atoms with van der Waals surface area (Å²) in [5.74, 6) is -0.346. The predicted molar refractivity (Wildman–Crippen MR) is 90.8 cm³/mol. The van der Waals surface area contributed by atoms with Crippen LogP contribution >= 0.6 is 0 Å². The first kappa shape index (κ1) is 15.0. The summed E-state index contributed by atoms with van der Waals surface area (Å²) in [6.45, 7) is 0.549. The number of phenols is 1. The fraction of sp³-hybridized carbons (Fsp3) is 0.368. The lowest BCUT2D eigenvalue weighted by molar-refractivity contribution is -0.125. The average molecular weight is 324 g/mol. The lowest BCUT2D eigenvalue weighted by Gasteiger charge is -2.24. The monoisotopic (exact) mass is 324 g/mol. The lowest BCUT2D eigenvalue weighted by Crippen LogP contribution is -2.46. The zero-order chi connectivity index (χ0) is 16.7. The maximum atomic E-state index is 12.9. The Morgan fingerprint density at radius 2 is 1.88 bits per heavy atom. The van der Waals surface area contributed by atoms with E-state index in [-0.39, 0.29) is 29.2 Å². The number of amides is 2. The molecule has 1 heterocycles. The third-order valence-electron chi connectivity index (χ3n) is 4.87. The van der Waals surface area contributed by atoms with Gasteiger partial charge in [0, 0.05) is 18.0 Å². The summed E-state index contributed by atoms with van der Waals surface area (Å²) in [4.78, 5) is 26.9. The molecular weight excluding hydrogens is 304 g/mol. The van der Waals surface area contributed by atoms with Gasteiger partial charge in [-0.1, -0.05) is 30.3 Å². The summed E-state index contributed by atoms with van der Waals surface area (Å²) in [6, 6.07) is 10.7. The van der Waals surface area contributed by atoms with Crippen molar-refractivity contribution in [2.75, 3.05) is 6.54 Å². The minimum atomic E-state index is -0.427.